The van der Waals surface area contributed by atoms with Crippen LogP contribution in [0.25, 0.3) is 0 Å². The van der Waals surface area contributed by atoms with Crippen molar-refractivity contribution in [2.75, 3.05) is 6.61 Å². The van der Waals surface area contributed by atoms with Crippen LogP contribution in [-0.2, 0) is 19.5 Å². The summed E-state index contributed by atoms with van der Waals surface area (Å²) in [6.07, 6.45) is 5.31. The summed E-state index contributed by atoms with van der Waals surface area (Å²) in [6.45, 7) is 6.10. The van der Waals surface area contributed by atoms with Gasteiger partial charge in [0.1, 0.15) is 11.6 Å². The molecule has 18 heavy (non-hydrogen) atoms. The standard InChI is InChI=1S/C13H24N4O/c1-3-13(4-2,10-18)14-9-12-16-15-11-7-5-6-8-17(11)12/h14,18H,3-10H2,1-2H3. The number of nitrogens with zero attached hydrogens (tertiary/aromatic N) is 3. The van der Waals surface area contributed by atoms with Gasteiger partial charge in [0.15, 0.2) is 0 Å². The molecule has 0 fully saturated rings. The van der Waals surface area contributed by atoms with Crippen LogP contribution in [0, 0.1) is 0 Å². The minimum atomic E-state index is -0.180. The van der Waals surface area contributed by atoms with Gasteiger partial charge in [-0.3, -0.25) is 0 Å². The number of hydrogen-bond donors (Lipinski definition) is 2. The number of hydrogen-bond acceptors (Lipinski definition) is 4. The van der Waals surface area contributed by atoms with Crippen molar-refractivity contribution in [2.45, 2.75) is 64.6 Å². The molecule has 0 saturated carbocycles. The van der Waals surface area contributed by atoms with Crippen LogP contribution < -0.4 is 5.32 Å². The molecule has 1 aliphatic heterocycles. The first-order valence-electron chi connectivity index (χ1n) is 7.01. The fourth-order valence-electron chi connectivity index (χ4n) is 2.55. The van der Waals surface area contributed by atoms with E-state index >= 15 is 0 Å². The lowest BCUT2D eigenvalue weighted by Gasteiger charge is -2.30. The summed E-state index contributed by atoms with van der Waals surface area (Å²) in [6, 6.07) is 0. The summed E-state index contributed by atoms with van der Waals surface area (Å²) < 4.78 is 2.23. The van der Waals surface area contributed by atoms with Crippen LogP contribution in [0.4, 0.5) is 0 Å². The van der Waals surface area contributed by atoms with Crippen LogP contribution in [-0.4, -0.2) is 32.0 Å². The molecule has 0 atom stereocenters. The van der Waals surface area contributed by atoms with E-state index in [1.807, 2.05) is 0 Å². The van der Waals surface area contributed by atoms with Crippen molar-refractivity contribution in [2.24, 2.45) is 0 Å². The third kappa shape index (κ3) is 2.57. The van der Waals surface area contributed by atoms with Gasteiger partial charge in [-0.05, 0) is 25.7 Å². The topological polar surface area (TPSA) is 63.0 Å². The highest BCUT2D eigenvalue weighted by Crippen LogP contribution is 2.17. The molecule has 0 spiro atoms. The summed E-state index contributed by atoms with van der Waals surface area (Å²) >= 11 is 0. The van der Waals surface area contributed by atoms with Gasteiger partial charge in [-0.1, -0.05) is 13.8 Å². The van der Waals surface area contributed by atoms with Crippen molar-refractivity contribution in [1.29, 1.82) is 0 Å². The van der Waals surface area contributed by atoms with Crippen LogP contribution >= 0.6 is 0 Å². The smallest absolute Gasteiger partial charge is 0.147 e. The minimum Gasteiger partial charge on any atom is -0.394 e. The zero-order valence-electron chi connectivity index (χ0n) is 11.4. The van der Waals surface area contributed by atoms with E-state index in [1.165, 1.54) is 12.8 Å². The van der Waals surface area contributed by atoms with Gasteiger partial charge in [0.05, 0.1) is 13.2 Å². The zero-order valence-corrected chi connectivity index (χ0v) is 11.4. The van der Waals surface area contributed by atoms with Crippen LogP contribution in [0.3, 0.4) is 0 Å². The number of fused-ring (bicyclic) bond motifs is 1. The van der Waals surface area contributed by atoms with E-state index < -0.39 is 0 Å². The van der Waals surface area contributed by atoms with E-state index in [1.54, 1.807) is 0 Å². The Morgan fingerprint density at radius 3 is 2.72 bits per heavy atom. The monoisotopic (exact) mass is 252 g/mol. The van der Waals surface area contributed by atoms with Gasteiger partial charge in [-0.2, -0.15) is 0 Å². The second-order valence-electron chi connectivity index (χ2n) is 5.14. The second kappa shape index (κ2) is 5.80. The number of aromatic nitrogens is 3. The van der Waals surface area contributed by atoms with Gasteiger partial charge >= 0.3 is 0 Å². The number of aryl methyl sites for hydroxylation is 1. The Labute approximate surface area is 109 Å². The Hall–Kier alpha value is -0.940. The van der Waals surface area contributed by atoms with Gasteiger partial charge in [0.2, 0.25) is 0 Å². The van der Waals surface area contributed by atoms with Gasteiger partial charge in [0, 0.05) is 18.5 Å². The predicted octanol–water partition coefficient (Wildman–Crippen LogP) is 1.26. The van der Waals surface area contributed by atoms with Gasteiger partial charge in [0.25, 0.3) is 0 Å². The quantitative estimate of drug-likeness (QED) is 0.800. The first-order chi connectivity index (χ1) is 8.74. The lowest BCUT2D eigenvalue weighted by Crippen LogP contribution is -2.47. The maximum atomic E-state index is 9.54. The summed E-state index contributed by atoms with van der Waals surface area (Å²) in [4.78, 5) is 0. The first kappa shape index (κ1) is 13.5. The Balaban J connectivity index is 2.03. The van der Waals surface area contributed by atoms with Crippen molar-refractivity contribution >= 4 is 0 Å². The number of nitrogens with one attached hydrogen (secondary N) is 1. The van der Waals surface area contributed by atoms with Crippen molar-refractivity contribution in [3.8, 4) is 0 Å². The molecule has 5 nitrogen and oxygen atoms in total. The third-order valence-corrected chi connectivity index (χ3v) is 4.21. The predicted molar refractivity (Wildman–Crippen MR) is 70.2 cm³/mol. The Bertz CT molecular complexity index is 376. The summed E-state index contributed by atoms with van der Waals surface area (Å²) in [7, 11) is 0. The lowest BCUT2D eigenvalue weighted by atomic mass is 9.94. The molecule has 1 aromatic rings. The van der Waals surface area contributed by atoms with E-state index in [0.717, 1.165) is 37.5 Å². The number of aliphatic hydroxyl groups excluding tert-OH is 1. The van der Waals surface area contributed by atoms with Crippen LogP contribution in [0.2, 0.25) is 0 Å². The summed E-state index contributed by atoms with van der Waals surface area (Å²) in [5, 5.41) is 21.5. The largest absolute Gasteiger partial charge is 0.394 e. The van der Waals surface area contributed by atoms with Crippen LogP contribution in [0.5, 0.6) is 0 Å². The molecule has 1 aliphatic rings. The minimum absolute atomic E-state index is 0.168. The molecule has 2 N–H and O–H groups in total. The normalized spacial score (nSPS) is 15.7. The molecular weight excluding hydrogens is 228 g/mol. The molecular formula is C13H24N4O. The molecule has 0 saturated heterocycles. The van der Waals surface area contributed by atoms with Gasteiger partial charge in [-0.25, -0.2) is 0 Å². The van der Waals surface area contributed by atoms with E-state index in [2.05, 4.69) is 33.9 Å². The molecule has 0 unspecified atom stereocenters. The SMILES string of the molecule is CCC(CC)(CO)NCc1nnc2n1CCCC2. The van der Waals surface area contributed by atoms with E-state index in [9.17, 15) is 5.11 Å². The summed E-state index contributed by atoms with van der Waals surface area (Å²) in [5.41, 5.74) is -0.180. The third-order valence-electron chi connectivity index (χ3n) is 4.21. The van der Waals surface area contributed by atoms with E-state index in [-0.39, 0.29) is 12.1 Å². The van der Waals surface area contributed by atoms with Crippen molar-refractivity contribution in [1.82, 2.24) is 20.1 Å². The van der Waals surface area contributed by atoms with E-state index in [4.69, 9.17) is 0 Å². The van der Waals surface area contributed by atoms with Crippen molar-refractivity contribution in [3.63, 3.8) is 0 Å². The molecule has 5 heteroatoms. The average molecular weight is 252 g/mol. The number of rotatable bonds is 6. The summed E-state index contributed by atoms with van der Waals surface area (Å²) in [5.74, 6) is 2.12. The van der Waals surface area contributed by atoms with Crippen molar-refractivity contribution < 1.29 is 5.11 Å². The molecule has 0 radical (unpaired) electrons. The first-order valence-corrected chi connectivity index (χ1v) is 7.01. The van der Waals surface area contributed by atoms with Gasteiger partial charge in [-0.15, -0.1) is 10.2 Å². The average Bonchev–Trinajstić information content (AvgIpc) is 2.85. The highest BCUT2D eigenvalue weighted by molar-refractivity contribution is 5.00. The molecule has 1 aromatic heterocycles. The van der Waals surface area contributed by atoms with Crippen LogP contribution in [0.15, 0.2) is 0 Å². The number of aliphatic hydroxyl groups is 1. The van der Waals surface area contributed by atoms with Crippen LogP contribution in [0.1, 0.15) is 51.2 Å². The maximum absolute atomic E-state index is 9.54. The van der Waals surface area contributed by atoms with E-state index in [0.29, 0.717) is 6.54 Å². The second-order valence-corrected chi connectivity index (χ2v) is 5.14. The Morgan fingerprint density at radius 1 is 1.28 bits per heavy atom. The maximum Gasteiger partial charge on any atom is 0.147 e. The van der Waals surface area contributed by atoms with Gasteiger partial charge < -0.3 is 15.0 Å². The molecule has 0 aromatic carbocycles. The molecule has 102 valence electrons. The zero-order chi connectivity index (χ0) is 13.0. The fraction of sp³-hybridized carbons (Fsp3) is 0.846. The Kier molecular flexibility index (Phi) is 4.35. The van der Waals surface area contributed by atoms with Crippen molar-refractivity contribution in [3.05, 3.63) is 11.6 Å². The highest BCUT2D eigenvalue weighted by atomic mass is 16.3. The highest BCUT2D eigenvalue weighted by Gasteiger charge is 2.25. The Morgan fingerprint density at radius 2 is 2.06 bits per heavy atom. The lowest BCUT2D eigenvalue weighted by molar-refractivity contribution is 0.148. The molecule has 2 rings (SSSR count). The molecule has 0 amide bonds. The molecule has 0 aliphatic carbocycles. The molecule has 0 bridgehead atoms. The molecule has 2 heterocycles. The fourth-order valence-corrected chi connectivity index (χ4v) is 2.55.